The molecule has 0 radical (unpaired) electrons. The first-order valence-corrected chi connectivity index (χ1v) is 9.42. The molecule has 1 aliphatic rings. The van der Waals surface area contributed by atoms with Gasteiger partial charge in [0.2, 0.25) is 0 Å². The summed E-state index contributed by atoms with van der Waals surface area (Å²) in [5.74, 6) is 2.40. The van der Waals surface area contributed by atoms with Crippen LogP contribution in [0.15, 0.2) is 36.4 Å². The number of nitrogens with zero attached hydrogens (tertiary/aromatic N) is 2. The highest BCUT2D eigenvalue weighted by atomic mass is 35.5. The van der Waals surface area contributed by atoms with Crippen LogP contribution in [0.5, 0.6) is 0 Å². The van der Waals surface area contributed by atoms with Crippen molar-refractivity contribution in [1.29, 1.82) is 0 Å². The van der Waals surface area contributed by atoms with Crippen molar-refractivity contribution in [1.82, 2.24) is 9.80 Å². The number of hydrogen-bond acceptors (Lipinski definition) is 3. The number of carbonyl (C=O) groups excluding carboxylic acids is 1. The van der Waals surface area contributed by atoms with Crippen LogP contribution in [-0.2, 0) is 6.54 Å². The van der Waals surface area contributed by atoms with Crippen molar-refractivity contribution in [2.45, 2.75) is 13.5 Å². The smallest absolute Gasteiger partial charge is 0.255 e. The van der Waals surface area contributed by atoms with E-state index >= 15 is 0 Å². The molecule has 0 bridgehead atoms. The maximum Gasteiger partial charge on any atom is 0.255 e. The number of benzene rings is 2. The zero-order chi connectivity index (χ0) is 19.4. The summed E-state index contributed by atoms with van der Waals surface area (Å²) in [7, 11) is 2.14. The third kappa shape index (κ3) is 4.90. The Morgan fingerprint density at radius 1 is 1.19 bits per heavy atom. The number of piperazine rings is 1. The van der Waals surface area contributed by atoms with E-state index < -0.39 is 0 Å². The first kappa shape index (κ1) is 19.4. The Bertz CT molecular complexity index is 880. The summed E-state index contributed by atoms with van der Waals surface area (Å²) in [4.78, 5) is 17.2. The average molecular weight is 382 g/mol. The second kappa shape index (κ2) is 8.58. The normalized spacial score (nSPS) is 15.3. The molecular formula is C22H24ClN3O. The van der Waals surface area contributed by atoms with Crippen LogP contribution >= 0.6 is 11.6 Å². The van der Waals surface area contributed by atoms with E-state index in [1.54, 1.807) is 18.2 Å². The molecule has 0 saturated carbocycles. The monoisotopic (exact) mass is 381 g/mol. The summed E-state index contributed by atoms with van der Waals surface area (Å²) in [6.45, 7) is 6.97. The first-order chi connectivity index (χ1) is 13.0. The van der Waals surface area contributed by atoms with E-state index in [0.717, 1.165) is 49.4 Å². The molecule has 1 fully saturated rings. The van der Waals surface area contributed by atoms with Crippen LogP contribution < -0.4 is 5.32 Å². The lowest BCUT2D eigenvalue weighted by Crippen LogP contribution is -2.43. The minimum absolute atomic E-state index is 0.200. The number of halogens is 1. The van der Waals surface area contributed by atoms with Gasteiger partial charge in [0.25, 0.3) is 5.91 Å². The molecule has 2 aromatic rings. The summed E-state index contributed by atoms with van der Waals surface area (Å²) in [6.07, 6.45) is 5.49. The highest BCUT2D eigenvalue weighted by Gasteiger charge is 2.15. The largest absolute Gasteiger partial charge is 0.322 e. The van der Waals surface area contributed by atoms with Gasteiger partial charge in [-0.3, -0.25) is 9.69 Å². The fraction of sp³-hybridized carbons (Fsp3) is 0.318. The summed E-state index contributed by atoms with van der Waals surface area (Å²) in [6, 6.07) is 11.0. The standard InChI is InChI=1S/C22H24ClN3O/c1-4-17-13-18(6-5-16(17)2)22(27)24-20-8-7-19(21(23)14-20)15-26-11-9-25(3)10-12-26/h1,5-8,13-14H,9-12,15H2,2-3H3,(H,24,27). The van der Waals surface area contributed by atoms with Crippen molar-refractivity contribution in [3.8, 4) is 12.3 Å². The molecule has 0 aliphatic carbocycles. The summed E-state index contributed by atoms with van der Waals surface area (Å²) in [5, 5.41) is 3.56. The number of amides is 1. The molecule has 5 heteroatoms. The van der Waals surface area contributed by atoms with Crippen molar-refractivity contribution in [3.05, 3.63) is 63.7 Å². The molecule has 3 rings (SSSR count). The lowest BCUT2D eigenvalue weighted by atomic mass is 10.0. The quantitative estimate of drug-likeness (QED) is 0.821. The number of terminal acetylenes is 1. The summed E-state index contributed by atoms with van der Waals surface area (Å²) >= 11 is 6.46. The predicted octanol–water partition coefficient (Wildman–Crippen LogP) is 3.63. The van der Waals surface area contributed by atoms with Gasteiger partial charge < -0.3 is 10.2 Å². The Kier molecular flexibility index (Phi) is 6.18. The second-order valence-corrected chi connectivity index (χ2v) is 7.42. The van der Waals surface area contributed by atoms with Crippen molar-refractivity contribution in [2.75, 3.05) is 38.5 Å². The van der Waals surface area contributed by atoms with Gasteiger partial charge in [0.1, 0.15) is 0 Å². The van der Waals surface area contributed by atoms with Crippen LogP contribution in [0.3, 0.4) is 0 Å². The van der Waals surface area contributed by atoms with Crippen LogP contribution in [0, 0.1) is 19.3 Å². The Morgan fingerprint density at radius 3 is 2.59 bits per heavy atom. The Hall–Kier alpha value is -2.32. The van der Waals surface area contributed by atoms with Crippen LogP contribution in [0.4, 0.5) is 5.69 Å². The Labute approximate surface area is 166 Å². The van der Waals surface area contributed by atoms with Crippen LogP contribution in [-0.4, -0.2) is 48.9 Å². The van der Waals surface area contributed by atoms with Gasteiger partial charge in [0.05, 0.1) is 0 Å². The SMILES string of the molecule is C#Cc1cc(C(=O)Nc2ccc(CN3CCN(C)CC3)c(Cl)c2)ccc1C. The lowest BCUT2D eigenvalue weighted by Gasteiger charge is -2.32. The molecule has 1 heterocycles. The molecule has 1 amide bonds. The van der Waals surface area contributed by atoms with E-state index in [2.05, 4.69) is 28.1 Å². The van der Waals surface area contributed by atoms with Crippen LogP contribution in [0.1, 0.15) is 27.0 Å². The fourth-order valence-corrected chi connectivity index (χ4v) is 3.36. The van der Waals surface area contributed by atoms with Gasteiger partial charge in [-0.05, 0) is 49.4 Å². The van der Waals surface area contributed by atoms with E-state index in [1.165, 1.54) is 0 Å². The highest BCUT2D eigenvalue weighted by Crippen LogP contribution is 2.23. The molecule has 27 heavy (non-hydrogen) atoms. The van der Waals surface area contributed by atoms with Crippen molar-refractivity contribution < 1.29 is 4.79 Å². The van der Waals surface area contributed by atoms with Crippen molar-refractivity contribution in [2.24, 2.45) is 0 Å². The van der Waals surface area contributed by atoms with Crippen molar-refractivity contribution >= 4 is 23.2 Å². The van der Waals surface area contributed by atoms with Gasteiger partial charge in [0.15, 0.2) is 0 Å². The predicted molar refractivity (Wildman–Crippen MR) is 111 cm³/mol. The molecular weight excluding hydrogens is 358 g/mol. The molecule has 1 aliphatic heterocycles. The number of rotatable bonds is 4. The van der Waals surface area contributed by atoms with Crippen LogP contribution in [0.25, 0.3) is 0 Å². The molecule has 140 valence electrons. The zero-order valence-corrected chi connectivity index (χ0v) is 16.5. The zero-order valence-electron chi connectivity index (χ0n) is 15.8. The number of carbonyl (C=O) groups is 1. The van der Waals surface area contributed by atoms with Gasteiger partial charge in [-0.15, -0.1) is 6.42 Å². The maximum atomic E-state index is 12.5. The topological polar surface area (TPSA) is 35.6 Å². The molecule has 0 unspecified atom stereocenters. The van der Waals surface area contributed by atoms with E-state index in [1.807, 2.05) is 25.1 Å². The number of aryl methyl sites for hydroxylation is 1. The Balaban J connectivity index is 1.67. The van der Waals surface area contributed by atoms with E-state index in [0.29, 0.717) is 16.3 Å². The highest BCUT2D eigenvalue weighted by molar-refractivity contribution is 6.31. The lowest BCUT2D eigenvalue weighted by molar-refractivity contribution is 0.102. The molecule has 1 N–H and O–H groups in total. The molecule has 0 atom stereocenters. The summed E-state index contributed by atoms with van der Waals surface area (Å²) in [5.41, 5.74) is 3.99. The third-order valence-electron chi connectivity index (χ3n) is 4.96. The van der Waals surface area contributed by atoms with Gasteiger partial charge in [0, 0.05) is 54.6 Å². The summed E-state index contributed by atoms with van der Waals surface area (Å²) < 4.78 is 0. The molecule has 4 nitrogen and oxygen atoms in total. The number of anilines is 1. The van der Waals surface area contributed by atoms with E-state index in [-0.39, 0.29) is 5.91 Å². The minimum atomic E-state index is -0.200. The second-order valence-electron chi connectivity index (χ2n) is 7.01. The average Bonchev–Trinajstić information content (AvgIpc) is 2.66. The van der Waals surface area contributed by atoms with Gasteiger partial charge >= 0.3 is 0 Å². The number of likely N-dealkylation sites (N-methyl/N-ethyl adjacent to an activating group) is 1. The van der Waals surface area contributed by atoms with E-state index in [9.17, 15) is 4.79 Å². The van der Waals surface area contributed by atoms with Gasteiger partial charge in [-0.1, -0.05) is 29.7 Å². The Morgan fingerprint density at radius 2 is 1.93 bits per heavy atom. The van der Waals surface area contributed by atoms with Crippen molar-refractivity contribution in [3.63, 3.8) is 0 Å². The first-order valence-electron chi connectivity index (χ1n) is 9.04. The van der Waals surface area contributed by atoms with Gasteiger partial charge in [-0.25, -0.2) is 0 Å². The van der Waals surface area contributed by atoms with E-state index in [4.69, 9.17) is 18.0 Å². The fourth-order valence-electron chi connectivity index (χ4n) is 3.12. The molecule has 0 aromatic heterocycles. The van der Waals surface area contributed by atoms with Crippen LogP contribution in [0.2, 0.25) is 5.02 Å². The minimum Gasteiger partial charge on any atom is -0.322 e. The molecule has 2 aromatic carbocycles. The molecule has 1 saturated heterocycles. The maximum absolute atomic E-state index is 12.5. The van der Waals surface area contributed by atoms with Gasteiger partial charge in [-0.2, -0.15) is 0 Å². The molecule has 0 spiro atoms. The number of hydrogen-bond donors (Lipinski definition) is 1. The third-order valence-corrected chi connectivity index (χ3v) is 5.31. The number of nitrogens with one attached hydrogen (secondary N) is 1.